The fraction of sp³-hybridized carbons (Fsp3) is 0.667. The Bertz CT molecular complexity index is 572. The molecule has 1 amide bonds. The van der Waals surface area contributed by atoms with Crippen molar-refractivity contribution >= 4 is 5.91 Å². The van der Waals surface area contributed by atoms with Gasteiger partial charge in [-0.1, -0.05) is 0 Å². The molecule has 0 saturated carbocycles. The van der Waals surface area contributed by atoms with Crippen molar-refractivity contribution in [3.05, 3.63) is 17.5 Å². The number of carbonyl (C=O) groups is 1. The number of aromatic nitrogens is 2. The van der Waals surface area contributed by atoms with Crippen LogP contribution < -0.4 is 0 Å². The molecule has 0 radical (unpaired) electrons. The zero-order valence-electron chi connectivity index (χ0n) is 12.5. The first-order valence-corrected chi connectivity index (χ1v) is 7.70. The number of rotatable bonds is 4. The smallest absolute Gasteiger partial charge is 0.248 e. The van der Waals surface area contributed by atoms with Gasteiger partial charge in [0.05, 0.1) is 31.5 Å². The lowest BCUT2D eigenvalue weighted by Gasteiger charge is -2.28. The second-order valence-corrected chi connectivity index (χ2v) is 5.67. The Morgan fingerprint density at radius 3 is 3.18 bits per heavy atom. The minimum absolute atomic E-state index is 0.0261. The highest BCUT2D eigenvalue weighted by Gasteiger charge is 2.23. The Morgan fingerprint density at radius 2 is 2.41 bits per heavy atom. The first-order chi connectivity index (χ1) is 10.8. The van der Waals surface area contributed by atoms with Gasteiger partial charge in [0.2, 0.25) is 5.91 Å². The summed E-state index contributed by atoms with van der Waals surface area (Å²) < 4.78 is 12.9. The topological polar surface area (TPSA) is 80.4 Å². The molecular formula is C15H20N4O3. The van der Waals surface area contributed by atoms with Gasteiger partial charge in [-0.3, -0.25) is 9.48 Å². The number of ether oxygens (including phenoxy) is 2. The van der Waals surface area contributed by atoms with Gasteiger partial charge in [0.1, 0.15) is 12.7 Å². The second-order valence-electron chi connectivity index (χ2n) is 5.67. The normalized spacial score (nSPS) is 21.2. The summed E-state index contributed by atoms with van der Waals surface area (Å²) >= 11 is 0. The third-order valence-corrected chi connectivity index (χ3v) is 4.07. The van der Waals surface area contributed by atoms with Gasteiger partial charge in [0, 0.05) is 13.2 Å². The Balaban J connectivity index is 1.46. The van der Waals surface area contributed by atoms with Gasteiger partial charge >= 0.3 is 0 Å². The summed E-state index contributed by atoms with van der Waals surface area (Å²) in [6, 6.07) is 3.76. The molecule has 0 spiro atoms. The van der Waals surface area contributed by atoms with Gasteiger partial charge in [-0.2, -0.15) is 10.4 Å². The Hall–Kier alpha value is -1.91. The lowest BCUT2D eigenvalue weighted by atomic mass is 10.1. The Morgan fingerprint density at radius 1 is 1.50 bits per heavy atom. The summed E-state index contributed by atoms with van der Waals surface area (Å²) in [4.78, 5) is 13.9. The molecule has 7 heteroatoms. The van der Waals surface area contributed by atoms with Crippen molar-refractivity contribution in [1.29, 1.82) is 5.26 Å². The second kappa shape index (κ2) is 6.90. The third kappa shape index (κ3) is 3.46. The molecule has 1 aromatic rings. The fourth-order valence-corrected chi connectivity index (χ4v) is 2.84. The highest BCUT2D eigenvalue weighted by molar-refractivity contribution is 5.77. The quantitative estimate of drug-likeness (QED) is 0.817. The van der Waals surface area contributed by atoms with Crippen LogP contribution in [0.3, 0.4) is 0 Å². The van der Waals surface area contributed by atoms with Gasteiger partial charge in [-0.25, -0.2) is 0 Å². The van der Waals surface area contributed by atoms with Gasteiger partial charge < -0.3 is 14.4 Å². The van der Waals surface area contributed by atoms with E-state index < -0.39 is 0 Å². The number of carbonyl (C=O) groups excluding carboxylic acids is 1. The molecule has 0 aromatic carbocycles. The van der Waals surface area contributed by atoms with Crippen molar-refractivity contribution in [1.82, 2.24) is 14.7 Å². The molecule has 3 rings (SSSR count). The van der Waals surface area contributed by atoms with Crippen LogP contribution in [0.4, 0.5) is 0 Å². The van der Waals surface area contributed by atoms with Crippen molar-refractivity contribution in [2.45, 2.75) is 38.5 Å². The average molecular weight is 304 g/mol. The molecule has 3 heterocycles. The van der Waals surface area contributed by atoms with E-state index in [1.807, 2.05) is 6.07 Å². The largest absolute Gasteiger partial charge is 0.376 e. The molecule has 0 N–H and O–H groups in total. The molecule has 2 aliphatic rings. The van der Waals surface area contributed by atoms with E-state index in [9.17, 15) is 4.79 Å². The summed E-state index contributed by atoms with van der Waals surface area (Å²) in [5.74, 6) is -0.0261. The van der Waals surface area contributed by atoms with Crippen molar-refractivity contribution in [2.75, 3.05) is 26.4 Å². The molecular weight excluding hydrogens is 284 g/mol. The van der Waals surface area contributed by atoms with Crippen LogP contribution in [0.5, 0.6) is 0 Å². The lowest BCUT2D eigenvalue weighted by molar-refractivity contribution is -0.139. The highest BCUT2D eigenvalue weighted by atomic mass is 16.5. The zero-order valence-corrected chi connectivity index (χ0v) is 12.5. The van der Waals surface area contributed by atoms with Crippen LogP contribution in [0.15, 0.2) is 6.07 Å². The molecule has 1 fully saturated rings. The van der Waals surface area contributed by atoms with E-state index in [2.05, 4.69) is 5.10 Å². The molecule has 0 bridgehead atoms. The van der Waals surface area contributed by atoms with Crippen molar-refractivity contribution in [3.8, 4) is 6.07 Å². The first-order valence-electron chi connectivity index (χ1n) is 7.70. The zero-order chi connectivity index (χ0) is 15.4. The van der Waals surface area contributed by atoms with Crippen LogP contribution >= 0.6 is 0 Å². The van der Waals surface area contributed by atoms with Gasteiger partial charge in [0.25, 0.3) is 0 Å². The maximum Gasteiger partial charge on any atom is 0.248 e. The van der Waals surface area contributed by atoms with Crippen LogP contribution in [-0.2, 0) is 27.4 Å². The van der Waals surface area contributed by atoms with Gasteiger partial charge in [-0.15, -0.1) is 0 Å². The maximum absolute atomic E-state index is 12.2. The molecule has 1 atom stereocenters. The molecule has 7 nitrogen and oxygen atoms in total. The number of amides is 1. The van der Waals surface area contributed by atoms with E-state index in [1.165, 1.54) is 6.42 Å². The number of nitrogens with zero attached hydrogens (tertiary/aromatic N) is 4. The predicted molar refractivity (Wildman–Crippen MR) is 76.8 cm³/mol. The summed E-state index contributed by atoms with van der Waals surface area (Å²) in [5.41, 5.74) is 1.29. The summed E-state index contributed by atoms with van der Waals surface area (Å²) in [7, 11) is 0. The molecule has 2 aliphatic heterocycles. The molecule has 1 unspecified atom stereocenters. The molecule has 1 saturated heterocycles. The minimum atomic E-state index is -0.0261. The van der Waals surface area contributed by atoms with Crippen LogP contribution in [0, 0.1) is 11.3 Å². The van der Waals surface area contributed by atoms with E-state index in [4.69, 9.17) is 14.7 Å². The van der Waals surface area contributed by atoms with Crippen LogP contribution in [0.1, 0.15) is 30.7 Å². The van der Waals surface area contributed by atoms with Crippen molar-refractivity contribution < 1.29 is 14.3 Å². The predicted octanol–water partition coefficient (Wildman–Crippen LogP) is 0.683. The summed E-state index contributed by atoms with van der Waals surface area (Å²) in [6.45, 7) is 3.06. The number of fused-ring (bicyclic) bond motifs is 1. The van der Waals surface area contributed by atoms with E-state index >= 15 is 0 Å². The van der Waals surface area contributed by atoms with Gasteiger partial charge in [0.15, 0.2) is 5.69 Å². The third-order valence-electron chi connectivity index (χ3n) is 4.07. The monoisotopic (exact) mass is 304 g/mol. The van der Waals surface area contributed by atoms with Gasteiger partial charge in [-0.05, 0) is 25.3 Å². The number of hydrogen-bond donors (Lipinski definition) is 0. The van der Waals surface area contributed by atoms with Crippen LogP contribution in [-0.4, -0.2) is 53.1 Å². The first kappa shape index (κ1) is 15.0. The number of hydrogen-bond acceptors (Lipinski definition) is 5. The molecule has 1 aromatic heterocycles. The molecule has 22 heavy (non-hydrogen) atoms. The average Bonchev–Trinajstić information content (AvgIpc) is 2.98. The van der Waals surface area contributed by atoms with Crippen LogP contribution in [0.25, 0.3) is 0 Å². The van der Waals surface area contributed by atoms with E-state index in [0.29, 0.717) is 31.9 Å². The van der Waals surface area contributed by atoms with E-state index in [1.54, 1.807) is 15.6 Å². The highest BCUT2D eigenvalue weighted by Crippen LogP contribution is 2.15. The Labute approximate surface area is 129 Å². The van der Waals surface area contributed by atoms with Crippen molar-refractivity contribution in [2.24, 2.45) is 0 Å². The van der Waals surface area contributed by atoms with Crippen molar-refractivity contribution in [3.63, 3.8) is 0 Å². The summed E-state index contributed by atoms with van der Waals surface area (Å²) in [6.07, 6.45) is 3.41. The number of nitriles is 1. The maximum atomic E-state index is 12.2. The minimum Gasteiger partial charge on any atom is -0.376 e. The lowest BCUT2D eigenvalue weighted by Crippen LogP contribution is -2.40. The van der Waals surface area contributed by atoms with Crippen LogP contribution in [0.2, 0.25) is 0 Å². The van der Waals surface area contributed by atoms with E-state index in [0.717, 1.165) is 25.1 Å². The fourth-order valence-electron chi connectivity index (χ4n) is 2.84. The molecule has 0 aliphatic carbocycles. The SMILES string of the molecule is N#Cc1cc2n(n1)CCN(C(=O)COCC1CCCCO1)C2. The standard InChI is InChI=1S/C15H20N4O3/c16-8-12-7-13-9-18(4-5-19(13)17-12)15(20)11-21-10-14-3-1-2-6-22-14/h7,14H,1-6,9-11H2. The Kier molecular flexibility index (Phi) is 4.71. The summed E-state index contributed by atoms with van der Waals surface area (Å²) in [5, 5.41) is 13.0. The molecule has 118 valence electrons. The van der Waals surface area contributed by atoms with E-state index in [-0.39, 0.29) is 18.6 Å².